The highest BCUT2D eigenvalue weighted by molar-refractivity contribution is 7.63. The number of nitrogens with two attached hydrogens (primary N) is 1. The van der Waals surface area contributed by atoms with E-state index in [1.54, 1.807) is 6.92 Å². The first-order valence-electron chi connectivity index (χ1n) is 4.55. The molecule has 0 radical (unpaired) electrons. The van der Waals surface area contributed by atoms with Crippen molar-refractivity contribution in [3.63, 3.8) is 0 Å². The Morgan fingerprint density at radius 1 is 1.53 bits per heavy atom. The van der Waals surface area contributed by atoms with E-state index in [-0.39, 0.29) is 6.42 Å². The molecular weight excluding hydrogens is 219 g/mol. The van der Waals surface area contributed by atoms with Crippen LogP contribution in [0.15, 0.2) is 0 Å². The Morgan fingerprint density at radius 3 is 2.27 bits per heavy atom. The molecule has 0 saturated heterocycles. The average molecular weight is 236 g/mol. The number of carboxylic acids is 1. The van der Waals surface area contributed by atoms with Crippen molar-refractivity contribution in [2.75, 3.05) is 6.66 Å². The smallest absolute Gasteiger partial charge is 0.338 e. The van der Waals surface area contributed by atoms with Gasteiger partial charge in [-0.2, -0.15) is 0 Å². The summed E-state index contributed by atoms with van der Waals surface area (Å²) < 4.78 is 11.6. The van der Waals surface area contributed by atoms with Crippen LogP contribution in [0.25, 0.3) is 0 Å². The predicted octanol–water partition coefficient (Wildman–Crippen LogP) is 0.570. The zero-order valence-electron chi connectivity index (χ0n) is 9.11. The van der Waals surface area contributed by atoms with Gasteiger partial charge in [-0.15, -0.1) is 0 Å². The van der Waals surface area contributed by atoms with Crippen molar-refractivity contribution in [3.05, 3.63) is 0 Å². The Hall–Kier alpha value is -0.870. The molecule has 15 heavy (non-hydrogen) atoms. The Labute approximate surface area is 88.6 Å². The summed E-state index contributed by atoms with van der Waals surface area (Å²) >= 11 is 0. The van der Waals surface area contributed by atoms with E-state index in [0.717, 1.165) is 13.6 Å². The van der Waals surface area contributed by atoms with Crippen LogP contribution in [0.1, 0.15) is 26.7 Å². The van der Waals surface area contributed by atoms with Crippen molar-refractivity contribution in [1.82, 2.24) is 5.32 Å². The fraction of sp³-hybridized carbons (Fsp3) is 0.750. The van der Waals surface area contributed by atoms with Crippen LogP contribution < -0.4 is 10.8 Å². The van der Waals surface area contributed by atoms with Crippen LogP contribution in [0.3, 0.4) is 0 Å². The minimum absolute atomic E-state index is 0.183. The minimum Gasteiger partial charge on any atom is -0.479 e. The summed E-state index contributed by atoms with van der Waals surface area (Å²) in [6.07, 6.45) is 0.767. The molecule has 6 nitrogen and oxygen atoms in total. The number of carbonyl (C=O) groups excluding carboxylic acids is 1. The number of carboxylic acid groups (broad SMARTS) is 1. The van der Waals surface area contributed by atoms with Crippen LogP contribution in [0, 0.1) is 0 Å². The van der Waals surface area contributed by atoms with Gasteiger partial charge in [-0.05, 0) is 13.3 Å². The molecule has 0 heterocycles. The molecule has 88 valence electrons. The molecule has 0 aliphatic carbocycles. The lowest BCUT2D eigenvalue weighted by Gasteiger charge is -2.29. The molecule has 0 fully saturated rings. The number of amides is 1. The molecule has 0 aromatic rings. The standard InChI is InChI=1S/C8H17N2O4P/c1-4-5-6(11)10-8(2,7(12)13)15(3,9)14/h4-5H2,1-3H3,(H2,9,14)(H,10,11)(H,12,13)/t8-,15?/m1/s1. The van der Waals surface area contributed by atoms with Gasteiger partial charge in [-0.3, -0.25) is 10.3 Å². The van der Waals surface area contributed by atoms with E-state index in [0.29, 0.717) is 6.42 Å². The summed E-state index contributed by atoms with van der Waals surface area (Å²) in [5, 5.41) is 9.24. The van der Waals surface area contributed by atoms with Crippen molar-refractivity contribution >= 4 is 19.2 Å². The molecule has 0 bridgehead atoms. The number of rotatable bonds is 5. The highest BCUT2D eigenvalue weighted by atomic mass is 31.2. The van der Waals surface area contributed by atoms with Crippen molar-refractivity contribution in [2.24, 2.45) is 5.50 Å². The van der Waals surface area contributed by atoms with E-state index >= 15 is 0 Å². The second kappa shape index (κ2) is 4.77. The predicted molar refractivity (Wildman–Crippen MR) is 56.8 cm³/mol. The summed E-state index contributed by atoms with van der Waals surface area (Å²) in [6.45, 7) is 4.07. The van der Waals surface area contributed by atoms with Crippen molar-refractivity contribution in [1.29, 1.82) is 0 Å². The van der Waals surface area contributed by atoms with E-state index in [9.17, 15) is 14.2 Å². The molecule has 4 N–H and O–H groups in total. The minimum atomic E-state index is -3.45. The lowest BCUT2D eigenvalue weighted by Crippen LogP contribution is -2.53. The number of hydrogen-bond donors (Lipinski definition) is 3. The van der Waals surface area contributed by atoms with Gasteiger partial charge >= 0.3 is 5.97 Å². The molecule has 0 saturated carbocycles. The maximum absolute atomic E-state index is 11.6. The third-order valence-electron chi connectivity index (χ3n) is 2.16. The summed E-state index contributed by atoms with van der Waals surface area (Å²) in [5.41, 5.74) is 5.32. The van der Waals surface area contributed by atoms with E-state index in [4.69, 9.17) is 10.6 Å². The zero-order valence-corrected chi connectivity index (χ0v) is 10.0. The van der Waals surface area contributed by atoms with Crippen LogP contribution in [0.2, 0.25) is 0 Å². The van der Waals surface area contributed by atoms with Crippen LogP contribution in [-0.4, -0.2) is 28.9 Å². The first-order valence-corrected chi connectivity index (χ1v) is 6.78. The summed E-state index contributed by atoms with van der Waals surface area (Å²) in [6, 6.07) is 0. The fourth-order valence-corrected chi connectivity index (χ4v) is 1.64. The summed E-state index contributed by atoms with van der Waals surface area (Å²) in [4.78, 5) is 22.2. The molecule has 0 aliphatic rings. The molecule has 0 spiro atoms. The highest BCUT2D eigenvalue weighted by Crippen LogP contribution is 2.45. The number of nitrogens with one attached hydrogen (secondary N) is 1. The topological polar surface area (TPSA) is 109 Å². The van der Waals surface area contributed by atoms with Gasteiger partial charge in [0, 0.05) is 13.1 Å². The molecule has 1 unspecified atom stereocenters. The summed E-state index contributed by atoms with van der Waals surface area (Å²) in [7, 11) is -3.45. The van der Waals surface area contributed by atoms with Gasteiger partial charge < -0.3 is 15.0 Å². The molecule has 0 aromatic carbocycles. The average Bonchev–Trinajstić information content (AvgIpc) is 2.01. The Kier molecular flexibility index (Phi) is 4.49. The normalized spacial score (nSPS) is 18.7. The monoisotopic (exact) mass is 236 g/mol. The second-order valence-corrected chi connectivity index (χ2v) is 6.54. The Bertz CT molecular complexity index is 312. The van der Waals surface area contributed by atoms with Crippen molar-refractivity contribution in [2.45, 2.75) is 32.0 Å². The molecule has 0 rings (SSSR count). The highest BCUT2D eigenvalue weighted by Gasteiger charge is 2.46. The van der Waals surface area contributed by atoms with Gasteiger partial charge in [0.2, 0.25) is 11.2 Å². The van der Waals surface area contributed by atoms with Gasteiger partial charge in [0.05, 0.1) is 0 Å². The van der Waals surface area contributed by atoms with E-state index in [1.165, 1.54) is 0 Å². The first kappa shape index (κ1) is 14.1. The molecule has 0 aliphatic heterocycles. The second-order valence-electron chi connectivity index (χ2n) is 3.67. The lowest BCUT2D eigenvalue weighted by molar-refractivity contribution is -0.143. The third kappa shape index (κ3) is 3.32. The molecule has 7 heteroatoms. The van der Waals surface area contributed by atoms with Gasteiger partial charge in [0.15, 0.2) is 7.29 Å². The van der Waals surface area contributed by atoms with Crippen LogP contribution in [-0.2, 0) is 14.2 Å². The van der Waals surface area contributed by atoms with Crippen LogP contribution >= 0.6 is 7.29 Å². The third-order valence-corrected chi connectivity index (χ3v) is 4.24. The Balaban J connectivity index is 4.92. The van der Waals surface area contributed by atoms with Crippen LogP contribution in [0.4, 0.5) is 0 Å². The van der Waals surface area contributed by atoms with Gasteiger partial charge in [0.1, 0.15) is 0 Å². The fourth-order valence-electron chi connectivity index (χ4n) is 0.915. The summed E-state index contributed by atoms with van der Waals surface area (Å²) in [5.74, 6) is -1.85. The van der Waals surface area contributed by atoms with Crippen molar-refractivity contribution in [3.8, 4) is 0 Å². The number of carbonyl (C=O) groups is 2. The van der Waals surface area contributed by atoms with Crippen LogP contribution in [0.5, 0.6) is 0 Å². The molecule has 1 amide bonds. The van der Waals surface area contributed by atoms with E-state index in [1.807, 2.05) is 0 Å². The SMILES string of the molecule is CCCC(=O)N[C@@](C)(C(=O)O)P(C)(N)=O. The van der Waals surface area contributed by atoms with Gasteiger partial charge in [0.25, 0.3) is 0 Å². The van der Waals surface area contributed by atoms with E-state index in [2.05, 4.69) is 5.32 Å². The quantitative estimate of drug-likeness (QED) is 0.604. The van der Waals surface area contributed by atoms with Gasteiger partial charge in [-0.25, -0.2) is 4.79 Å². The van der Waals surface area contributed by atoms with Crippen molar-refractivity contribution < 1.29 is 19.3 Å². The zero-order chi connectivity index (χ0) is 12.3. The maximum atomic E-state index is 11.6. The lowest BCUT2D eigenvalue weighted by atomic mass is 10.2. The maximum Gasteiger partial charge on any atom is 0.338 e. The van der Waals surface area contributed by atoms with Gasteiger partial charge in [-0.1, -0.05) is 6.92 Å². The first-order chi connectivity index (χ1) is 6.65. The Morgan fingerprint density at radius 2 is 2.00 bits per heavy atom. The molecular formula is C8H17N2O4P. The number of aliphatic carboxylic acids is 1. The largest absolute Gasteiger partial charge is 0.479 e. The molecule has 0 aromatic heterocycles. The van der Waals surface area contributed by atoms with E-state index < -0.39 is 24.4 Å². The molecule has 2 atom stereocenters. The number of hydrogen-bond acceptors (Lipinski definition) is 3.